The van der Waals surface area contributed by atoms with E-state index in [9.17, 15) is 19.5 Å². The van der Waals surface area contributed by atoms with Crippen molar-refractivity contribution in [1.82, 2.24) is 10.6 Å². The predicted octanol–water partition coefficient (Wildman–Crippen LogP) is 4.85. The molecular formula is C28H34N2O5. The molecule has 186 valence electrons. The van der Waals surface area contributed by atoms with Gasteiger partial charge in [-0.05, 0) is 41.0 Å². The first-order valence-corrected chi connectivity index (χ1v) is 12.6. The van der Waals surface area contributed by atoms with Crippen molar-refractivity contribution in [2.45, 2.75) is 63.3 Å². The van der Waals surface area contributed by atoms with E-state index in [1.807, 2.05) is 24.3 Å². The van der Waals surface area contributed by atoms with Crippen LogP contribution in [-0.4, -0.2) is 42.3 Å². The summed E-state index contributed by atoms with van der Waals surface area (Å²) in [6, 6.07) is 15.5. The number of fused-ring (bicyclic) bond motifs is 3. The minimum Gasteiger partial charge on any atom is -0.480 e. The zero-order chi connectivity index (χ0) is 24.6. The molecule has 0 unspecified atom stereocenters. The minimum absolute atomic E-state index is 0.00366. The fourth-order valence-electron chi connectivity index (χ4n) is 5.33. The van der Waals surface area contributed by atoms with Crippen molar-refractivity contribution in [2.24, 2.45) is 5.92 Å². The van der Waals surface area contributed by atoms with Gasteiger partial charge in [-0.25, -0.2) is 9.59 Å². The number of amides is 2. The molecule has 2 aromatic rings. The summed E-state index contributed by atoms with van der Waals surface area (Å²) in [5.74, 6) is -0.931. The molecule has 7 nitrogen and oxygen atoms in total. The zero-order valence-electron chi connectivity index (χ0n) is 20.0. The van der Waals surface area contributed by atoms with Crippen LogP contribution in [0.1, 0.15) is 68.4 Å². The van der Waals surface area contributed by atoms with Gasteiger partial charge in [0, 0.05) is 18.9 Å². The number of rotatable bonds is 10. The Morgan fingerprint density at radius 2 is 1.57 bits per heavy atom. The second-order valence-electron chi connectivity index (χ2n) is 9.55. The van der Waals surface area contributed by atoms with E-state index in [1.54, 1.807) is 0 Å². The van der Waals surface area contributed by atoms with Gasteiger partial charge in [0.05, 0.1) is 0 Å². The molecule has 0 saturated heterocycles. The topological polar surface area (TPSA) is 105 Å². The van der Waals surface area contributed by atoms with E-state index in [0.717, 1.165) is 36.8 Å². The molecule has 2 aliphatic carbocycles. The third kappa shape index (κ3) is 6.41. The summed E-state index contributed by atoms with van der Waals surface area (Å²) in [5, 5.41) is 14.8. The largest absolute Gasteiger partial charge is 0.480 e. The molecule has 0 heterocycles. The van der Waals surface area contributed by atoms with Gasteiger partial charge in [0.1, 0.15) is 12.6 Å². The molecule has 0 radical (unpaired) electrons. The fraction of sp³-hybridized carbons (Fsp3) is 0.464. The highest BCUT2D eigenvalue weighted by atomic mass is 16.5. The maximum absolute atomic E-state index is 12.3. The van der Waals surface area contributed by atoms with E-state index in [0.29, 0.717) is 18.8 Å². The molecule has 0 spiro atoms. The number of benzene rings is 2. The molecule has 1 fully saturated rings. The smallest absolute Gasteiger partial charge is 0.407 e. The molecule has 1 saturated carbocycles. The van der Waals surface area contributed by atoms with Crippen LogP contribution in [0.4, 0.5) is 4.79 Å². The number of hydrogen-bond acceptors (Lipinski definition) is 4. The predicted molar refractivity (Wildman–Crippen MR) is 133 cm³/mol. The molecule has 1 atom stereocenters. The monoisotopic (exact) mass is 478 g/mol. The van der Waals surface area contributed by atoms with Crippen molar-refractivity contribution < 1.29 is 24.2 Å². The molecule has 2 amide bonds. The fourth-order valence-corrected chi connectivity index (χ4v) is 5.33. The summed E-state index contributed by atoms with van der Waals surface area (Å²) in [7, 11) is 0. The minimum atomic E-state index is -0.985. The molecule has 0 bridgehead atoms. The van der Waals surface area contributed by atoms with E-state index in [4.69, 9.17) is 4.74 Å². The average molecular weight is 479 g/mol. The van der Waals surface area contributed by atoms with Crippen LogP contribution < -0.4 is 10.6 Å². The third-order valence-corrected chi connectivity index (χ3v) is 7.12. The van der Waals surface area contributed by atoms with Gasteiger partial charge in [-0.15, -0.1) is 0 Å². The van der Waals surface area contributed by atoms with Gasteiger partial charge < -0.3 is 20.5 Å². The number of carboxylic acid groups (broad SMARTS) is 1. The van der Waals surface area contributed by atoms with Gasteiger partial charge in [-0.3, -0.25) is 4.79 Å². The Kier molecular flexibility index (Phi) is 8.40. The number of hydrogen-bond donors (Lipinski definition) is 3. The first-order valence-electron chi connectivity index (χ1n) is 12.6. The van der Waals surface area contributed by atoms with Gasteiger partial charge in [0.15, 0.2) is 0 Å². The standard InChI is InChI=1S/C28H34N2O5/c31-26(30-25(27(32)33)17-19-9-2-1-3-10-19)15-8-16-29-28(34)35-18-24-22-13-6-4-11-20(22)21-12-5-7-14-23(21)24/h4-7,11-14,19,24-25H,1-3,8-10,15-18H2,(H,29,34)(H,30,31)(H,32,33)/t25-/m1/s1. The summed E-state index contributed by atoms with van der Waals surface area (Å²) >= 11 is 0. The highest BCUT2D eigenvalue weighted by molar-refractivity contribution is 5.83. The Hall–Kier alpha value is -3.35. The molecule has 7 heteroatoms. The van der Waals surface area contributed by atoms with Crippen LogP contribution in [0.3, 0.4) is 0 Å². The number of alkyl carbamates (subject to hydrolysis) is 1. The number of carbonyl (C=O) groups excluding carboxylic acids is 2. The van der Waals surface area contributed by atoms with Gasteiger partial charge >= 0.3 is 12.1 Å². The van der Waals surface area contributed by atoms with Crippen molar-refractivity contribution in [3.05, 3.63) is 59.7 Å². The highest BCUT2D eigenvalue weighted by Crippen LogP contribution is 2.44. The molecule has 2 aromatic carbocycles. The van der Waals surface area contributed by atoms with E-state index in [-0.39, 0.29) is 31.4 Å². The van der Waals surface area contributed by atoms with Crippen molar-refractivity contribution in [2.75, 3.05) is 13.2 Å². The van der Waals surface area contributed by atoms with Crippen LogP contribution in [0, 0.1) is 5.92 Å². The lowest BCUT2D eigenvalue weighted by molar-refractivity contribution is -0.142. The molecule has 2 aliphatic rings. The van der Waals surface area contributed by atoms with Gasteiger partial charge in [-0.1, -0.05) is 80.6 Å². The molecule has 4 rings (SSSR count). The lowest BCUT2D eigenvalue weighted by atomic mass is 9.85. The Balaban J connectivity index is 1.17. The Morgan fingerprint density at radius 1 is 0.943 bits per heavy atom. The van der Waals surface area contributed by atoms with Gasteiger partial charge in [0.2, 0.25) is 5.91 Å². The number of ether oxygens (including phenoxy) is 1. The van der Waals surface area contributed by atoms with E-state index in [1.165, 1.54) is 17.5 Å². The number of carbonyl (C=O) groups is 3. The lowest BCUT2D eigenvalue weighted by Gasteiger charge is -2.25. The lowest BCUT2D eigenvalue weighted by Crippen LogP contribution is -2.42. The SMILES string of the molecule is O=C(CCCNC(=O)OCC1c2ccccc2-c2ccccc21)N[C@H](CC1CCCCC1)C(=O)O. The van der Waals surface area contributed by atoms with Crippen LogP contribution >= 0.6 is 0 Å². The van der Waals surface area contributed by atoms with Crippen molar-refractivity contribution in [1.29, 1.82) is 0 Å². The third-order valence-electron chi connectivity index (χ3n) is 7.12. The second kappa shape index (κ2) is 11.9. The number of nitrogens with one attached hydrogen (secondary N) is 2. The molecule has 35 heavy (non-hydrogen) atoms. The maximum Gasteiger partial charge on any atom is 0.407 e. The number of carboxylic acids is 1. The first kappa shape index (κ1) is 24.8. The highest BCUT2D eigenvalue weighted by Gasteiger charge is 2.29. The van der Waals surface area contributed by atoms with E-state index < -0.39 is 18.1 Å². The second-order valence-corrected chi connectivity index (χ2v) is 9.55. The summed E-state index contributed by atoms with van der Waals surface area (Å²) in [5.41, 5.74) is 4.65. The molecule has 0 aliphatic heterocycles. The van der Waals surface area contributed by atoms with Crippen LogP contribution in [0.5, 0.6) is 0 Å². The van der Waals surface area contributed by atoms with Crippen LogP contribution in [0.25, 0.3) is 11.1 Å². The average Bonchev–Trinajstić information content (AvgIpc) is 3.19. The van der Waals surface area contributed by atoms with Crippen LogP contribution in [-0.2, 0) is 14.3 Å². The zero-order valence-corrected chi connectivity index (χ0v) is 20.0. The Bertz CT molecular complexity index is 1000. The van der Waals surface area contributed by atoms with Crippen molar-refractivity contribution in [3.8, 4) is 11.1 Å². The maximum atomic E-state index is 12.3. The summed E-state index contributed by atoms with van der Waals surface area (Å²) in [4.78, 5) is 36.1. The normalized spacial score (nSPS) is 16.1. The molecular weight excluding hydrogens is 444 g/mol. The van der Waals surface area contributed by atoms with Gasteiger partial charge in [-0.2, -0.15) is 0 Å². The summed E-state index contributed by atoms with van der Waals surface area (Å²) < 4.78 is 5.50. The molecule has 0 aromatic heterocycles. The number of aliphatic carboxylic acids is 1. The van der Waals surface area contributed by atoms with Crippen LogP contribution in [0.15, 0.2) is 48.5 Å². The van der Waals surface area contributed by atoms with Crippen molar-refractivity contribution in [3.63, 3.8) is 0 Å². The quantitative estimate of drug-likeness (QED) is 0.424. The first-order chi connectivity index (χ1) is 17.0. The van der Waals surface area contributed by atoms with Gasteiger partial charge in [0.25, 0.3) is 0 Å². The Morgan fingerprint density at radius 3 is 2.20 bits per heavy atom. The van der Waals surface area contributed by atoms with Crippen LogP contribution in [0.2, 0.25) is 0 Å². The van der Waals surface area contributed by atoms with E-state index in [2.05, 4.69) is 34.9 Å². The summed E-state index contributed by atoms with van der Waals surface area (Å²) in [6.07, 6.45) is 6.06. The van der Waals surface area contributed by atoms with E-state index >= 15 is 0 Å². The Labute approximate surface area is 206 Å². The molecule has 3 N–H and O–H groups in total. The van der Waals surface area contributed by atoms with Crippen molar-refractivity contribution >= 4 is 18.0 Å². The summed E-state index contributed by atoms with van der Waals surface area (Å²) in [6.45, 7) is 0.520.